The molecule has 0 amide bonds. The summed E-state index contributed by atoms with van der Waals surface area (Å²) in [6, 6.07) is 7.77. The zero-order valence-electron chi connectivity index (χ0n) is 13.7. The summed E-state index contributed by atoms with van der Waals surface area (Å²) < 4.78 is 16.4. The van der Waals surface area contributed by atoms with Crippen LogP contribution in [0.4, 0.5) is 5.69 Å². The average molecular weight is 332 g/mol. The highest BCUT2D eigenvalue weighted by Gasteiger charge is 2.09. The molecule has 1 heterocycles. The highest BCUT2D eigenvalue weighted by molar-refractivity contribution is 5.37. The van der Waals surface area contributed by atoms with E-state index in [1.54, 1.807) is 25.4 Å². The first kappa shape index (κ1) is 17.7. The molecule has 0 saturated carbocycles. The Kier molecular flexibility index (Phi) is 6.51. The topological polar surface area (TPSA) is 83.7 Å². The van der Waals surface area contributed by atoms with E-state index in [9.17, 15) is 10.1 Å². The maximum Gasteiger partial charge on any atom is 0.269 e. The summed E-state index contributed by atoms with van der Waals surface area (Å²) in [6.45, 7) is 3.41. The summed E-state index contributed by atoms with van der Waals surface area (Å²) in [5, 5.41) is 10.6. The Morgan fingerprint density at radius 3 is 2.54 bits per heavy atom. The van der Waals surface area contributed by atoms with E-state index in [0.29, 0.717) is 19.0 Å². The summed E-state index contributed by atoms with van der Waals surface area (Å²) in [4.78, 5) is 14.5. The van der Waals surface area contributed by atoms with Crippen LogP contribution in [0.3, 0.4) is 0 Å². The van der Waals surface area contributed by atoms with Gasteiger partial charge in [0.1, 0.15) is 18.1 Å². The van der Waals surface area contributed by atoms with Crippen molar-refractivity contribution >= 4 is 5.69 Å². The van der Waals surface area contributed by atoms with Crippen molar-refractivity contribution in [3.8, 4) is 11.5 Å². The number of rotatable bonds is 9. The van der Waals surface area contributed by atoms with Crippen LogP contribution in [0.1, 0.15) is 17.7 Å². The highest BCUT2D eigenvalue weighted by atomic mass is 16.6. The Morgan fingerprint density at radius 2 is 1.88 bits per heavy atom. The number of nitro groups is 1. The molecule has 0 bridgehead atoms. The van der Waals surface area contributed by atoms with Crippen molar-refractivity contribution in [1.82, 2.24) is 4.98 Å². The SMILES string of the molecule is COCCCOc1ccnc(COc2ccc([N+](=O)[O-])cc2)c1C. The van der Waals surface area contributed by atoms with Crippen LogP contribution in [0.5, 0.6) is 11.5 Å². The molecule has 1 aromatic heterocycles. The molecule has 2 aromatic rings. The minimum atomic E-state index is -0.445. The molecule has 1 aromatic carbocycles. The average Bonchev–Trinajstić information content (AvgIpc) is 2.59. The highest BCUT2D eigenvalue weighted by Crippen LogP contribution is 2.22. The zero-order valence-corrected chi connectivity index (χ0v) is 13.7. The van der Waals surface area contributed by atoms with Crippen molar-refractivity contribution in [1.29, 1.82) is 0 Å². The van der Waals surface area contributed by atoms with Crippen LogP contribution in [-0.4, -0.2) is 30.2 Å². The molecule has 0 aliphatic rings. The van der Waals surface area contributed by atoms with E-state index in [4.69, 9.17) is 14.2 Å². The summed E-state index contributed by atoms with van der Waals surface area (Å²) in [6.07, 6.45) is 2.49. The molecule has 0 N–H and O–H groups in total. The monoisotopic (exact) mass is 332 g/mol. The van der Waals surface area contributed by atoms with Crippen molar-refractivity contribution in [2.75, 3.05) is 20.3 Å². The van der Waals surface area contributed by atoms with Gasteiger partial charge in [0.25, 0.3) is 5.69 Å². The summed E-state index contributed by atoms with van der Waals surface area (Å²) in [5.74, 6) is 1.32. The number of pyridine rings is 1. The maximum atomic E-state index is 10.6. The lowest BCUT2D eigenvalue weighted by Crippen LogP contribution is -2.06. The van der Waals surface area contributed by atoms with Gasteiger partial charge in [0.2, 0.25) is 0 Å². The lowest BCUT2D eigenvalue weighted by molar-refractivity contribution is -0.384. The molecular weight excluding hydrogens is 312 g/mol. The molecule has 0 aliphatic heterocycles. The van der Waals surface area contributed by atoms with Crippen LogP contribution in [0.15, 0.2) is 36.5 Å². The Hall–Kier alpha value is -2.67. The molecule has 7 nitrogen and oxygen atoms in total. The van der Waals surface area contributed by atoms with E-state index in [1.807, 2.05) is 13.0 Å². The van der Waals surface area contributed by atoms with Crippen LogP contribution in [0, 0.1) is 17.0 Å². The number of non-ortho nitro benzene ring substituents is 1. The van der Waals surface area contributed by atoms with E-state index in [2.05, 4.69) is 4.98 Å². The summed E-state index contributed by atoms with van der Waals surface area (Å²) in [7, 11) is 1.66. The van der Waals surface area contributed by atoms with Crippen molar-refractivity contribution in [3.05, 3.63) is 57.9 Å². The molecule has 0 aliphatic carbocycles. The maximum absolute atomic E-state index is 10.6. The van der Waals surface area contributed by atoms with Gasteiger partial charge in [-0.3, -0.25) is 15.1 Å². The summed E-state index contributed by atoms with van der Waals surface area (Å²) in [5.41, 5.74) is 1.71. The fourth-order valence-corrected chi connectivity index (χ4v) is 2.06. The lowest BCUT2D eigenvalue weighted by atomic mass is 10.2. The molecule has 128 valence electrons. The minimum absolute atomic E-state index is 0.0307. The van der Waals surface area contributed by atoms with Gasteiger partial charge in [-0.05, 0) is 25.1 Å². The van der Waals surface area contributed by atoms with Gasteiger partial charge in [-0.15, -0.1) is 0 Å². The van der Waals surface area contributed by atoms with Crippen molar-refractivity contribution in [2.45, 2.75) is 20.0 Å². The Labute approximate surface area is 140 Å². The van der Waals surface area contributed by atoms with Gasteiger partial charge in [-0.25, -0.2) is 0 Å². The lowest BCUT2D eigenvalue weighted by Gasteiger charge is -2.12. The minimum Gasteiger partial charge on any atom is -0.493 e. The summed E-state index contributed by atoms with van der Waals surface area (Å²) >= 11 is 0. The first-order valence-corrected chi connectivity index (χ1v) is 7.55. The number of benzene rings is 1. The van der Waals surface area contributed by atoms with Crippen molar-refractivity contribution in [3.63, 3.8) is 0 Å². The van der Waals surface area contributed by atoms with Gasteiger partial charge in [-0.1, -0.05) is 0 Å². The third kappa shape index (κ3) is 4.92. The number of ether oxygens (including phenoxy) is 3. The number of nitrogens with zero attached hydrogens (tertiary/aromatic N) is 2. The standard InChI is InChI=1S/C17H20N2O5/c1-13-16(18-9-8-17(13)23-11-3-10-22-2)12-24-15-6-4-14(5-7-15)19(20)21/h4-9H,3,10-12H2,1-2H3. The Morgan fingerprint density at radius 1 is 1.12 bits per heavy atom. The van der Waals surface area contributed by atoms with Crippen LogP contribution in [-0.2, 0) is 11.3 Å². The number of hydrogen-bond acceptors (Lipinski definition) is 6. The molecule has 0 radical (unpaired) electrons. The largest absolute Gasteiger partial charge is 0.493 e. The second kappa shape index (κ2) is 8.83. The van der Waals surface area contributed by atoms with Gasteiger partial charge in [0, 0.05) is 44.0 Å². The normalized spacial score (nSPS) is 10.4. The fourth-order valence-electron chi connectivity index (χ4n) is 2.06. The molecule has 0 fully saturated rings. The molecule has 2 rings (SSSR count). The molecule has 0 atom stereocenters. The van der Waals surface area contributed by atoms with Crippen LogP contribution in [0.2, 0.25) is 0 Å². The molecular formula is C17H20N2O5. The molecule has 0 spiro atoms. The van der Waals surface area contributed by atoms with E-state index in [-0.39, 0.29) is 12.3 Å². The van der Waals surface area contributed by atoms with Gasteiger partial charge >= 0.3 is 0 Å². The fraction of sp³-hybridized carbons (Fsp3) is 0.353. The number of nitro benzene ring substituents is 1. The zero-order chi connectivity index (χ0) is 17.4. The number of aromatic nitrogens is 1. The first-order valence-electron chi connectivity index (χ1n) is 7.55. The van der Waals surface area contributed by atoms with E-state index in [0.717, 1.165) is 23.4 Å². The molecule has 0 unspecified atom stereocenters. The quantitative estimate of drug-likeness (QED) is 0.398. The van der Waals surface area contributed by atoms with Crippen LogP contribution in [0.25, 0.3) is 0 Å². The molecule has 24 heavy (non-hydrogen) atoms. The number of hydrogen-bond donors (Lipinski definition) is 0. The van der Waals surface area contributed by atoms with Gasteiger partial charge < -0.3 is 14.2 Å². The van der Waals surface area contributed by atoms with Gasteiger partial charge in [0.05, 0.1) is 17.2 Å². The van der Waals surface area contributed by atoms with Gasteiger partial charge in [0.15, 0.2) is 0 Å². The van der Waals surface area contributed by atoms with E-state index < -0.39 is 4.92 Å². The molecule has 7 heteroatoms. The Balaban J connectivity index is 1.95. The second-order valence-corrected chi connectivity index (χ2v) is 5.12. The first-order chi connectivity index (χ1) is 11.6. The third-order valence-corrected chi connectivity index (χ3v) is 3.43. The van der Waals surface area contributed by atoms with Crippen molar-refractivity contribution < 1.29 is 19.1 Å². The smallest absolute Gasteiger partial charge is 0.269 e. The van der Waals surface area contributed by atoms with Gasteiger partial charge in [-0.2, -0.15) is 0 Å². The van der Waals surface area contributed by atoms with E-state index >= 15 is 0 Å². The predicted molar refractivity (Wildman–Crippen MR) is 88.4 cm³/mol. The number of methoxy groups -OCH3 is 1. The van der Waals surface area contributed by atoms with Crippen molar-refractivity contribution in [2.24, 2.45) is 0 Å². The van der Waals surface area contributed by atoms with Crippen LogP contribution >= 0.6 is 0 Å². The molecule has 0 saturated heterocycles. The van der Waals surface area contributed by atoms with Crippen LogP contribution < -0.4 is 9.47 Å². The third-order valence-electron chi connectivity index (χ3n) is 3.43. The predicted octanol–water partition coefficient (Wildman–Crippen LogP) is 3.29. The Bertz CT molecular complexity index is 673. The second-order valence-electron chi connectivity index (χ2n) is 5.12. The van der Waals surface area contributed by atoms with E-state index in [1.165, 1.54) is 12.1 Å².